The number of nitrogens with two attached hydrogens (primary N) is 1. The van der Waals surface area contributed by atoms with Crippen LogP contribution in [0.4, 0.5) is 10.5 Å². The zero-order chi connectivity index (χ0) is 19.6. The molecule has 2 aromatic carbocycles. The SMILES string of the molecule is Br.CCCCc1cc(O)ccc1CCNCCc1ccc(O)c(NC(N)=O)c1. The van der Waals surface area contributed by atoms with Crippen molar-refractivity contribution >= 4 is 28.7 Å². The summed E-state index contributed by atoms with van der Waals surface area (Å²) in [5, 5.41) is 25.3. The molecule has 154 valence electrons. The predicted molar refractivity (Wildman–Crippen MR) is 119 cm³/mol. The van der Waals surface area contributed by atoms with E-state index in [0.717, 1.165) is 50.8 Å². The number of unbranched alkanes of at least 4 members (excludes halogenated alkanes) is 1. The van der Waals surface area contributed by atoms with Crippen molar-refractivity contribution in [2.24, 2.45) is 5.73 Å². The molecule has 0 aliphatic rings. The van der Waals surface area contributed by atoms with E-state index in [0.29, 0.717) is 11.4 Å². The number of rotatable bonds is 10. The Labute approximate surface area is 176 Å². The van der Waals surface area contributed by atoms with Crippen LogP contribution in [0.1, 0.15) is 36.5 Å². The van der Waals surface area contributed by atoms with Crippen molar-refractivity contribution in [3.8, 4) is 11.5 Å². The summed E-state index contributed by atoms with van der Waals surface area (Å²) in [5.74, 6) is 0.322. The Balaban J connectivity index is 0.00000392. The quantitative estimate of drug-likeness (QED) is 0.279. The minimum atomic E-state index is -0.701. The molecule has 2 aromatic rings. The maximum absolute atomic E-state index is 11.0. The van der Waals surface area contributed by atoms with Gasteiger partial charge in [-0.15, -0.1) is 17.0 Å². The van der Waals surface area contributed by atoms with Crippen molar-refractivity contribution in [1.29, 1.82) is 0 Å². The summed E-state index contributed by atoms with van der Waals surface area (Å²) >= 11 is 0. The van der Waals surface area contributed by atoms with E-state index in [1.807, 2.05) is 18.2 Å². The number of carbonyl (C=O) groups excluding carboxylic acids is 1. The van der Waals surface area contributed by atoms with Gasteiger partial charge in [0.25, 0.3) is 0 Å². The average Bonchev–Trinajstić information content (AvgIpc) is 2.63. The lowest BCUT2D eigenvalue weighted by molar-refractivity contribution is 0.259. The molecule has 0 fully saturated rings. The van der Waals surface area contributed by atoms with Crippen LogP contribution in [0.3, 0.4) is 0 Å². The summed E-state index contributed by atoms with van der Waals surface area (Å²) in [5.41, 5.74) is 8.91. The molecule has 0 aliphatic carbocycles. The highest BCUT2D eigenvalue weighted by Gasteiger charge is 2.06. The first-order valence-corrected chi connectivity index (χ1v) is 9.39. The normalized spacial score (nSPS) is 10.3. The number of hydrogen-bond acceptors (Lipinski definition) is 4. The van der Waals surface area contributed by atoms with Gasteiger partial charge in [-0.2, -0.15) is 0 Å². The average molecular weight is 452 g/mol. The maximum atomic E-state index is 11.0. The first kappa shape index (κ1) is 23.8. The number of amides is 2. The molecule has 0 aliphatic heterocycles. The lowest BCUT2D eigenvalue weighted by Crippen LogP contribution is -2.21. The van der Waals surface area contributed by atoms with Crippen molar-refractivity contribution in [3.63, 3.8) is 0 Å². The number of halogens is 1. The Hall–Kier alpha value is -2.25. The Morgan fingerprint density at radius 2 is 1.75 bits per heavy atom. The van der Waals surface area contributed by atoms with Gasteiger partial charge >= 0.3 is 6.03 Å². The first-order valence-electron chi connectivity index (χ1n) is 9.39. The van der Waals surface area contributed by atoms with Gasteiger partial charge in [-0.25, -0.2) is 4.79 Å². The number of aryl methyl sites for hydroxylation is 1. The highest BCUT2D eigenvalue weighted by atomic mass is 79.9. The number of benzene rings is 2. The van der Waals surface area contributed by atoms with E-state index in [1.165, 1.54) is 11.1 Å². The molecular formula is C21H30BrN3O3. The van der Waals surface area contributed by atoms with E-state index in [2.05, 4.69) is 17.6 Å². The van der Waals surface area contributed by atoms with Crippen molar-refractivity contribution in [2.45, 2.75) is 39.0 Å². The molecule has 0 saturated heterocycles. The Morgan fingerprint density at radius 1 is 1.00 bits per heavy atom. The molecule has 0 spiro atoms. The van der Waals surface area contributed by atoms with Crippen molar-refractivity contribution in [3.05, 3.63) is 53.1 Å². The van der Waals surface area contributed by atoms with Crippen LogP contribution in [0.2, 0.25) is 0 Å². The third kappa shape index (κ3) is 7.78. The van der Waals surface area contributed by atoms with Gasteiger partial charge < -0.3 is 26.6 Å². The molecule has 6 N–H and O–H groups in total. The zero-order valence-corrected chi connectivity index (χ0v) is 17.9. The van der Waals surface area contributed by atoms with Gasteiger partial charge in [0.1, 0.15) is 11.5 Å². The Morgan fingerprint density at radius 3 is 2.46 bits per heavy atom. The van der Waals surface area contributed by atoms with E-state index in [-0.39, 0.29) is 22.7 Å². The van der Waals surface area contributed by atoms with Gasteiger partial charge in [-0.05, 0) is 79.7 Å². The number of anilines is 1. The molecule has 0 unspecified atom stereocenters. The number of phenolic OH excluding ortho intramolecular Hbond substituents is 2. The van der Waals surface area contributed by atoms with Crippen LogP contribution in [0, 0.1) is 0 Å². The second-order valence-electron chi connectivity index (χ2n) is 6.65. The van der Waals surface area contributed by atoms with Crippen LogP contribution in [-0.4, -0.2) is 29.3 Å². The van der Waals surface area contributed by atoms with Gasteiger partial charge in [-0.3, -0.25) is 0 Å². The smallest absolute Gasteiger partial charge is 0.316 e. The lowest BCUT2D eigenvalue weighted by Gasteiger charge is -2.11. The standard InChI is InChI=1S/C21H29N3O3.BrH/c1-2-3-4-17-14-18(25)7-6-16(17)10-12-23-11-9-15-5-8-20(26)19(13-15)24-21(22)27;/h5-8,13-14,23,25-26H,2-4,9-12H2,1H3,(H3,22,24,27);1H. The Bertz CT molecular complexity index is 769. The number of aromatic hydroxyl groups is 2. The summed E-state index contributed by atoms with van der Waals surface area (Å²) < 4.78 is 0. The first-order chi connectivity index (χ1) is 13.0. The maximum Gasteiger partial charge on any atom is 0.316 e. The summed E-state index contributed by atoms with van der Waals surface area (Å²) in [6.45, 7) is 3.79. The summed E-state index contributed by atoms with van der Waals surface area (Å²) in [6, 6.07) is 10.0. The molecule has 7 heteroatoms. The van der Waals surface area contributed by atoms with Crippen LogP contribution < -0.4 is 16.4 Å². The fourth-order valence-electron chi connectivity index (χ4n) is 3.01. The van der Waals surface area contributed by atoms with Gasteiger partial charge in [0.15, 0.2) is 0 Å². The topological polar surface area (TPSA) is 108 Å². The van der Waals surface area contributed by atoms with Crippen molar-refractivity contribution < 1.29 is 15.0 Å². The van der Waals surface area contributed by atoms with E-state index in [4.69, 9.17) is 5.73 Å². The van der Waals surface area contributed by atoms with Crippen LogP contribution in [0.25, 0.3) is 0 Å². The van der Waals surface area contributed by atoms with Crippen molar-refractivity contribution in [1.82, 2.24) is 5.32 Å². The van der Waals surface area contributed by atoms with Crippen LogP contribution in [0.15, 0.2) is 36.4 Å². The Kier molecular flexibility index (Phi) is 10.4. The molecule has 2 amide bonds. The number of carbonyl (C=O) groups is 1. The second-order valence-corrected chi connectivity index (χ2v) is 6.65. The van der Waals surface area contributed by atoms with Crippen LogP contribution >= 0.6 is 17.0 Å². The molecule has 0 aromatic heterocycles. The van der Waals surface area contributed by atoms with Crippen LogP contribution in [-0.2, 0) is 19.3 Å². The third-order valence-corrected chi connectivity index (χ3v) is 4.47. The molecule has 0 radical (unpaired) electrons. The predicted octanol–water partition coefficient (Wildman–Crippen LogP) is 3.88. The highest BCUT2D eigenvalue weighted by molar-refractivity contribution is 8.93. The largest absolute Gasteiger partial charge is 0.508 e. The van der Waals surface area contributed by atoms with Crippen molar-refractivity contribution in [2.75, 3.05) is 18.4 Å². The van der Waals surface area contributed by atoms with E-state index < -0.39 is 6.03 Å². The van der Waals surface area contributed by atoms with E-state index in [9.17, 15) is 15.0 Å². The fourth-order valence-corrected chi connectivity index (χ4v) is 3.01. The summed E-state index contributed by atoms with van der Waals surface area (Å²) in [4.78, 5) is 11.0. The minimum absolute atomic E-state index is 0. The number of urea groups is 1. The number of phenols is 2. The van der Waals surface area contributed by atoms with Crippen LogP contribution in [0.5, 0.6) is 11.5 Å². The highest BCUT2D eigenvalue weighted by Crippen LogP contribution is 2.24. The van der Waals surface area contributed by atoms with E-state index in [1.54, 1.807) is 18.2 Å². The fraction of sp³-hybridized carbons (Fsp3) is 0.381. The lowest BCUT2D eigenvalue weighted by atomic mass is 9.99. The molecule has 0 atom stereocenters. The minimum Gasteiger partial charge on any atom is -0.508 e. The third-order valence-electron chi connectivity index (χ3n) is 4.47. The van der Waals surface area contributed by atoms with Gasteiger partial charge in [-0.1, -0.05) is 25.5 Å². The molecule has 28 heavy (non-hydrogen) atoms. The molecule has 0 bridgehead atoms. The van der Waals surface area contributed by atoms with Gasteiger partial charge in [0.2, 0.25) is 0 Å². The second kappa shape index (κ2) is 12.3. The zero-order valence-electron chi connectivity index (χ0n) is 16.2. The van der Waals surface area contributed by atoms with E-state index >= 15 is 0 Å². The number of nitrogens with one attached hydrogen (secondary N) is 2. The molecule has 0 saturated carbocycles. The summed E-state index contributed by atoms with van der Waals surface area (Å²) in [6.07, 6.45) is 4.91. The molecule has 2 rings (SSSR count). The number of hydrogen-bond donors (Lipinski definition) is 5. The number of primary amides is 1. The van der Waals surface area contributed by atoms with Gasteiger partial charge in [0.05, 0.1) is 5.69 Å². The van der Waals surface area contributed by atoms with Gasteiger partial charge in [0, 0.05) is 0 Å². The molecular weight excluding hydrogens is 422 g/mol. The molecule has 6 nitrogen and oxygen atoms in total. The summed E-state index contributed by atoms with van der Waals surface area (Å²) in [7, 11) is 0. The molecule has 0 heterocycles. The monoisotopic (exact) mass is 451 g/mol.